The fourth-order valence-electron chi connectivity index (χ4n) is 3.41. The molecule has 5 heteroatoms. The van der Waals surface area contributed by atoms with Gasteiger partial charge in [-0.05, 0) is 53.3 Å². The summed E-state index contributed by atoms with van der Waals surface area (Å²) in [5.74, 6) is 2.37. The molecule has 1 aliphatic rings. The smallest absolute Gasteiger partial charge is 0.203 e. The Morgan fingerprint density at radius 2 is 1.54 bits per heavy atom. The van der Waals surface area contributed by atoms with E-state index in [1.807, 2.05) is 24.3 Å². The van der Waals surface area contributed by atoms with Crippen molar-refractivity contribution in [1.29, 1.82) is 5.26 Å². The number of rotatable bonds is 5. The molecule has 26 heavy (non-hydrogen) atoms. The highest BCUT2D eigenvalue weighted by atomic mass is 16.5. The second kappa shape index (κ2) is 7.40. The largest absolute Gasteiger partial charge is 0.495 e. The Morgan fingerprint density at radius 3 is 2.08 bits per heavy atom. The lowest BCUT2D eigenvalue weighted by Crippen LogP contribution is -2.06. The van der Waals surface area contributed by atoms with Crippen LogP contribution in [0, 0.1) is 11.3 Å². The highest BCUT2D eigenvalue weighted by molar-refractivity contribution is 5.86. The SMILES string of the molecule is COc1ccc2c(c1C#N)CCC=C2c1cc(OC)c(OC)c(OC)c1. The maximum atomic E-state index is 9.59. The van der Waals surface area contributed by atoms with Crippen molar-refractivity contribution in [2.75, 3.05) is 28.4 Å². The van der Waals surface area contributed by atoms with Crippen LogP contribution >= 0.6 is 0 Å². The van der Waals surface area contributed by atoms with Crippen LogP contribution in [0.4, 0.5) is 0 Å². The zero-order valence-corrected chi connectivity index (χ0v) is 15.4. The van der Waals surface area contributed by atoms with Gasteiger partial charge in [-0.2, -0.15) is 5.26 Å². The van der Waals surface area contributed by atoms with Gasteiger partial charge < -0.3 is 18.9 Å². The van der Waals surface area contributed by atoms with E-state index in [2.05, 4.69) is 12.1 Å². The number of nitriles is 1. The van der Waals surface area contributed by atoms with Crippen LogP contribution in [0.5, 0.6) is 23.0 Å². The Kier molecular flexibility index (Phi) is 5.04. The van der Waals surface area contributed by atoms with E-state index in [-0.39, 0.29) is 0 Å². The third-order valence-corrected chi connectivity index (χ3v) is 4.62. The van der Waals surface area contributed by atoms with Gasteiger partial charge in [-0.1, -0.05) is 12.1 Å². The quantitative estimate of drug-likeness (QED) is 0.816. The molecule has 134 valence electrons. The summed E-state index contributed by atoms with van der Waals surface area (Å²) < 4.78 is 21.7. The molecule has 0 unspecified atom stereocenters. The first-order valence-corrected chi connectivity index (χ1v) is 8.29. The first-order valence-electron chi connectivity index (χ1n) is 8.29. The molecule has 0 heterocycles. The zero-order chi connectivity index (χ0) is 18.7. The highest BCUT2D eigenvalue weighted by Crippen LogP contribution is 2.43. The minimum absolute atomic E-state index is 0.558. The molecule has 0 saturated heterocycles. The highest BCUT2D eigenvalue weighted by Gasteiger charge is 2.22. The van der Waals surface area contributed by atoms with E-state index in [0.29, 0.717) is 28.6 Å². The topological polar surface area (TPSA) is 60.7 Å². The summed E-state index contributed by atoms with van der Waals surface area (Å²) in [6.07, 6.45) is 3.83. The molecule has 2 aromatic rings. The van der Waals surface area contributed by atoms with Gasteiger partial charge in [0.25, 0.3) is 0 Å². The van der Waals surface area contributed by atoms with Gasteiger partial charge in [-0.25, -0.2) is 0 Å². The van der Waals surface area contributed by atoms with Crippen LogP contribution in [0.2, 0.25) is 0 Å². The van der Waals surface area contributed by atoms with Crippen LogP contribution in [0.15, 0.2) is 30.3 Å². The van der Waals surface area contributed by atoms with Gasteiger partial charge in [0.2, 0.25) is 5.75 Å². The van der Waals surface area contributed by atoms with E-state index in [0.717, 1.165) is 35.1 Å². The van der Waals surface area contributed by atoms with E-state index in [1.54, 1.807) is 28.4 Å². The molecule has 0 N–H and O–H groups in total. The maximum absolute atomic E-state index is 9.59. The van der Waals surface area contributed by atoms with Crippen molar-refractivity contribution in [1.82, 2.24) is 0 Å². The normalized spacial score (nSPS) is 12.5. The zero-order valence-electron chi connectivity index (χ0n) is 15.4. The van der Waals surface area contributed by atoms with Gasteiger partial charge in [0.05, 0.1) is 34.0 Å². The van der Waals surface area contributed by atoms with E-state index >= 15 is 0 Å². The average molecular weight is 351 g/mol. The standard InChI is InChI=1S/C21H21NO4/c1-23-18-9-8-16-14(6-5-7-15(16)17(18)12-22)13-10-19(24-2)21(26-4)20(11-13)25-3/h6,8-11H,5,7H2,1-4H3. The number of ether oxygens (including phenoxy) is 4. The first-order chi connectivity index (χ1) is 12.7. The Morgan fingerprint density at radius 1 is 0.885 bits per heavy atom. The third kappa shape index (κ3) is 2.84. The van der Waals surface area contributed by atoms with Crippen molar-refractivity contribution in [2.45, 2.75) is 12.8 Å². The monoisotopic (exact) mass is 351 g/mol. The van der Waals surface area contributed by atoms with Gasteiger partial charge in [0.1, 0.15) is 11.8 Å². The Balaban J connectivity index is 2.19. The molecule has 0 atom stereocenters. The van der Waals surface area contributed by atoms with Crippen molar-refractivity contribution >= 4 is 5.57 Å². The number of nitrogens with zero attached hydrogens (tertiary/aromatic N) is 1. The molecule has 5 nitrogen and oxygen atoms in total. The predicted octanol–water partition coefficient (Wildman–Crippen LogP) is 3.97. The molecule has 0 bridgehead atoms. The Bertz CT molecular complexity index is 884. The van der Waals surface area contributed by atoms with Gasteiger partial charge in [0.15, 0.2) is 11.5 Å². The van der Waals surface area contributed by atoms with Crippen LogP contribution in [-0.4, -0.2) is 28.4 Å². The molecular weight excluding hydrogens is 330 g/mol. The Hall–Kier alpha value is -3.13. The fraction of sp³-hybridized carbons (Fsp3) is 0.286. The molecule has 1 aliphatic carbocycles. The van der Waals surface area contributed by atoms with Crippen LogP contribution in [-0.2, 0) is 6.42 Å². The summed E-state index contributed by atoms with van der Waals surface area (Å²) in [5.41, 5.74) is 4.64. The van der Waals surface area contributed by atoms with Crippen molar-refractivity contribution in [2.24, 2.45) is 0 Å². The molecule has 0 aliphatic heterocycles. The number of hydrogen-bond donors (Lipinski definition) is 0. The van der Waals surface area contributed by atoms with Crippen LogP contribution in [0.25, 0.3) is 5.57 Å². The van der Waals surface area contributed by atoms with E-state index in [4.69, 9.17) is 18.9 Å². The number of benzene rings is 2. The minimum atomic E-state index is 0.558. The fourth-order valence-corrected chi connectivity index (χ4v) is 3.41. The van der Waals surface area contributed by atoms with Crippen LogP contribution in [0.1, 0.15) is 28.7 Å². The van der Waals surface area contributed by atoms with E-state index in [9.17, 15) is 5.26 Å². The molecule has 0 saturated carbocycles. The lowest BCUT2D eigenvalue weighted by atomic mass is 9.84. The molecule has 0 radical (unpaired) electrons. The van der Waals surface area contributed by atoms with Gasteiger partial charge in [0, 0.05) is 0 Å². The lowest BCUT2D eigenvalue weighted by molar-refractivity contribution is 0.324. The summed E-state index contributed by atoms with van der Waals surface area (Å²) in [6.45, 7) is 0. The summed E-state index contributed by atoms with van der Waals surface area (Å²) >= 11 is 0. The molecule has 2 aromatic carbocycles. The summed E-state index contributed by atoms with van der Waals surface area (Å²) in [7, 11) is 6.37. The maximum Gasteiger partial charge on any atom is 0.203 e. The number of methoxy groups -OCH3 is 4. The van der Waals surface area contributed by atoms with E-state index < -0.39 is 0 Å². The molecule has 0 fully saturated rings. The second-order valence-corrected chi connectivity index (χ2v) is 5.85. The number of allylic oxidation sites excluding steroid dienone is 1. The van der Waals surface area contributed by atoms with Gasteiger partial charge >= 0.3 is 0 Å². The second-order valence-electron chi connectivity index (χ2n) is 5.85. The molecule has 0 aromatic heterocycles. The van der Waals surface area contributed by atoms with Crippen molar-refractivity contribution in [3.8, 4) is 29.1 Å². The third-order valence-electron chi connectivity index (χ3n) is 4.62. The van der Waals surface area contributed by atoms with Crippen molar-refractivity contribution < 1.29 is 18.9 Å². The van der Waals surface area contributed by atoms with E-state index in [1.165, 1.54) is 0 Å². The Labute approximate surface area is 153 Å². The van der Waals surface area contributed by atoms with Crippen molar-refractivity contribution in [3.63, 3.8) is 0 Å². The predicted molar refractivity (Wildman–Crippen MR) is 99.2 cm³/mol. The molecular formula is C21H21NO4. The summed E-state index contributed by atoms with van der Waals surface area (Å²) in [6, 6.07) is 9.99. The lowest BCUT2D eigenvalue weighted by Gasteiger charge is -2.22. The van der Waals surface area contributed by atoms with Gasteiger partial charge in [-0.3, -0.25) is 0 Å². The average Bonchev–Trinajstić information content (AvgIpc) is 2.70. The number of fused-ring (bicyclic) bond motifs is 1. The van der Waals surface area contributed by atoms with Gasteiger partial charge in [-0.15, -0.1) is 0 Å². The van der Waals surface area contributed by atoms with Crippen molar-refractivity contribution in [3.05, 3.63) is 52.6 Å². The summed E-state index contributed by atoms with van der Waals surface area (Å²) in [5, 5.41) is 9.59. The van der Waals surface area contributed by atoms with Crippen LogP contribution in [0.3, 0.4) is 0 Å². The molecule has 0 amide bonds. The molecule has 0 spiro atoms. The minimum Gasteiger partial charge on any atom is -0.495 e. The van der Waals surface area contributed by atoms with Crippen LogP contribution < -0.4 is 18.9 Å². The molecule has 3 rings (SSSR count). The summed E-state index contributed by atoms with van der Waals surface area (Å²) in [4.78, 5) is 0. The number of hydrogen-bond acceptors (Lipinski definition) is 5. The first kappa shape index (κ1) is 17.7.